The van der Waals surface area contributed by atoms with Crippen molar-refractivity contribution >= 4 is 0 Å². The molecule has 12 heteroatoms. The van der Waals surface area contributed by atoms with Crippen molar-refractivity contribution in [3.05, 3.63) is 12.3 Å². The van der Waals surface area contributed by atoms with E-state index in [4.69, 9.17) is 47.4 Å². The number of aromatic nitrogens is 2. The maximum absolute atomic E-state index is 5.98. The lowest BCUT2D eigenvalue weighted by atomic mass is 10.1. The Hall–Kier alpha value is -1.64. The highest BCUT2D eigenvalue weighted by Gasteiger charge is 2.57. The van der Waals surface area contributed by atoms with Gasteiger partial charge in [0.1, 0.15) is 49.8 Å². The second kappa shape index (κ2) is 9.10. The molecule has 0 bridgehead atoms. The van der Waals surface area contributed by atoms with Gasteiger partial charge in [-0.15, -0.1) is 0 Å². The fourth-order valence-corrected chi connectivity index (χ4v) is 4.73. The first-order chi connectivity index (χ1) is 16.2. The van der Waals surface area contributed by atoms with Crippen molar-refractivity contribution in [2.24, 2.45) is 0 Å². The number of ether oxygens (including phenoxy) is 10. The van der Waals surface area contributed by atoms with E-state index in [9.17, 15) is 0 Å². The van der Waals surface area contributed by atoms with Crippen LogP contribution >= 0.6 is 0 Å². The Morgan fingerprint density at radius 2 is 1.26 bits per heavy atom. The molecule has 8 atom stereocenters. The van der Waals surface area contributed by atoms with Gasteiger partial charge in [0, 0.05) is 26.5 Å². The van der Waals surface area contributed by atoms with E-state index >= 15 is 0 Å². The number of hydrogen-bond acceptors (Lipinski definition) is 12. The van der Waals surface area contributed by atoms with E-state index in [-0.39, 0.29) is 49.7 Å². The summed E-state index contributed by atoms with van der Waals surface area (Å²) in [6.07, 6.45) is -1.57. The summed E-state index contributed by atoms with van der Waals surface area (Å²) in [6.45, 7) is 7.79. The lowest BCUT2D eigenvalue weighted by Gasteiger charge is -2.23. The SMILES string of the molecule is CO[C@@H]1O[C@H](COc2ccnc(OC[C@H]3O[C@@H](OC)[C@@H]4OC(C)(C)O[C@@H]43)n2)[C@H]2OC(C)(C)O[C@@H]12. The molecule has 0 unspecified atom stereocenters. The minimum atomic E-state index is -0.717. The molecule has 5 heterocycles. The van der Waals surface area contributed by atoms with E-state index in [0.29, 0.717) is 5.88 Å². The zero-order chi connectivity index (χ0) is 24.1. The van der Waals surface area contributed by atoms with Crippen molar-refractivity contribution in [1.82, 2.24) is 9.97 Å². The van der Waals surface area contributed by atoms with Gasteiger partial charge in [-0.25, -0.2) is 4.98 Å². The Morgan fingerprint density at radius 3 is 1.79 bits per heavy atom. The highest BCUT2D eigenvalue weighted by molar-refractivity contribution is 5.12. The first-order valence-corrected chi connectivity index (χ1v) is 11.3. The van der Waals surface area contributed by atoms with Crippen molar-refractivity contribution in [2.45, 2.75) is 88.5 Å². The first-order valence-electron chi connectivity index (χ1n) is 11.3. The molecule has 0 saturated carbocycles. The summed E-state index contributed by atoms with van der Waals surface area (Å²) in [6, 6.07) is 1.79. The second-order valence-corrected chi connectivity index (χ2v) is 9.49. The maximum atomic E-state index is 5.98. The lowest BCUT2D eigenvalue weighted by Crippen LogP contribution is -2.34. The summed E-state index contributed by atoms with van der Waals surface area (Å²) in [5.41, 5.74) is 0. The molecule has 5 rings (SSSR count). The van der Waals surface area contributed by atoms with Gasteiger partial charge in [-0.3, -0.25) is 0 Å². The van der Waals surface area contributed by atoms with Crippen LogP contribution in [-0.2, 0) is 37.9 Å². The average Bonchev–Trinajstić information content (AvgIpc) is 3.47. The summed E-state index contributed by atoms with van der Waals surface area (Å²) in [7, 11) is 3.14. The number of hydrogen-bond donors (Lipinski definition) is 0. The largest absolute Gasteiger partial charge is 0.475 e. The van der Waals surface area contributed by atoms with Crippen LogP contribution < -0.4 is 9.47 Å². The molecule has 0 amide bonds. The van der Waals surface area contributed by atoms with Crippen LogP contribution in [0.1, 0.15) is 27.7 Å². The Kier molecular flexibility index (Phi) is 6.44. The molecule has 12 nitrogen and oxygen atoms in total. The standard InChI is InChI=1S/C22H32N2O10/c1-21(2)31-14-11(29-18(25-5)16(14)33-21)9-27-13-7-8-23-20(24-13)28-10-12-15-17(19(26-6)30-12)34-22(3,4)32-15/h7-8,11-12,14-19H,9-10H2,1-6H3/t11-,12-,14-,15-,16-,17-,18-,19-/m1/s1. The van der Waals surface area contributed by atoms with E-state index in [2.05, 4.69) is 9.97 Å². The van der Waals surface area contributed by atoms with Crippen LogP contribution in [0.2, 0.25) is 0 Å². The van der Waals surface area contributed by atoms with Gasteiger partial charge in [-0.05, 0) is 27.7 Å². The molecule has 0 aliphatic carbocycles. The van der Waals surface area contributed by atoms with E-state index in [1.54, 1.807) is 26.5 Å². The summed E-state index contributed by atoms with van der Waals surface area (Å²) in [5, 5.41) is 0. The lowest BCUT2D eigenvalue weighted by molar-refractivity contribution is -0.229. The van der Waals surface area contributed by atoms with Crippen LogP contribution in [0.25, 0.3) is 0 Å². The highest BCUT2D eigenvalue weighted by Crippen LogP contribution is 2.40. The molecule has 0 aromatic carbocycles. The second-order valence-electron chi connectivity index (χ2n) is 9.49. The smallest absolute Gasteiger partial charge is 0.319 e. The van der Waals surface area contributed by atoms with E-state index < -0.39 is 30.3 Å². The molecular formula is C22H32N2O10. The normalized spacial score (nSPS) is 39.7. The summed E-state index contributed by atoms with van der Waals surface area (Å²) < 4.78 is 57.9. The van der Waals surface area contributed by atoms with Crippen molar-refractivity contribution in [3.63, 3.8) is 0 Å². The number of nitrogens with zero attached hydrogens (tertiary/aromatic N) is 2. The Balaban J connectivity index is 1.17. The number of methoxy groups -OCH3 is 2. The molecule has 0 N–H and O–H groups in total. The van der Waals surface area contributed by atoms with E-state index in [1.807, 2.05) is 27.7 Å². The summed E-state index contributed by atoms with van der Waals surface area (Å²) in [5.74, 6) is -1.09. The van der Waals surface area contributed by atoms with Gasteiger partial charge in [0.2, 0.25) is 5.88 Å². The van der Waals surface area contributed by atoms with Crippen LogP contribution in [0.3, 0.4) is 0 Å². The molecule has 190 valence electrons. The first kappa shape index (κ1) is 24.1. The molecule has 34 heavy (non-hydrogen) atoms. The van der Waals surface area contributed by atoms with E-state index in [0.717, 1.165) is 0 Å². The molecular weight excluding hydrogens is 452 g/mol. The predicted molar refractivity (Wildman–Crippen MR) is 112 cm³/mol. The van der Waals surface area contributed by atoms with Crippen LogP contribution in [0.15, 0.2) is 12.3 Å². The van der Waals surface area contributed by atoms with Gasteiger partial charge >= 0.3 is 6.01 Å². The van der Waals surface area contributed by atoms with Crippen molar-refractivity contribution in [2.75, 3.05) is 27.4 Å². The zero-order valence-corrected chi connectivity index (χ0v) is 20.2. The van der Waals surface area contributed by atoms with Gasteiger partial charge in [-0.2, -0.15) is 4.98 Å². The highest BCUT2D eigenvalue weighted by atomic mass is 16.8. The molecule has 4 fully saturated rings. The zero-order valence-electron chi connectivity index (χ0n) is 20.2. The van der Waals surface area contributed by atoms with Crippen LogP contribution in [-0.4, -0.2) is 98.2 Å². The monoisotopic (exact) mass is 484 g/mol. The molecule has 0 spiro atoms. The van der Waals surface area contributed by atoms with Crippen molar-refractivity contribution in [3.8, 4) is 11.9 Å². The Labute approximate surface area is 198 Å². The summed E-state index contributed by atoms with van der Waals surface area (Å²) >= 11 is 0. The molecule has 4 aliphatic heterocycles. The quantitative estimate of drug-likeness (QED) is 0.524. The molecule has 1 aromatic heterocycles. The third-order valence-corrected chi connectivity index (χ3v) is 6.06. The van der Waals surface area contributed by atoms with Gasteiger partial charge < -0.3 is 47.4 Å². The van der Waals surface area contributed by atoms with Crippen LogP contribution in [0, 0.1) is 0 Å². The minimum Gasteiger partial charge on any atom is -0.475 e. The van der Waals surface area contributed by atoms with Gasteiger partial charge in [0.15, 0.2) is 24.2 Å². The third kappa shape index (κ3) is 4.73. The minimum absolute atomic E-state index is 0.151. The Morgan fingerprint density at radius 1 is 0.765 bits per heavy atom. The fraction of sp³-hybridized carbons (Fsp3) is 0.818. The van der Waals surface area contributed by atoms with E-state index in [1.165, 1.54) is 0 Å². The van der Waals surface area contributed by atoms with Crippen LogP contribution in [0.5, 0.6) is 11.9 Å². The van der Waals surface area contributed by atoms with Crippen molar-refractivity contribution < 1.29 is 47.4 Å². The Bertz CT molecular complexity index is 805. The van der Waals surface area contributed by atoms with Crippen molar-refractivity contribution in [1.29, 1.82) is 0 Å². The third-order valence-electron chi connectivity index (χ3n) is 6.06. The topological polar surface area (TPSA) is 118 Å². The number of rotatable bonds is 8. The van der Waals surface area contributed by atoms with Gasteiger partial charge in [0.05, 0.1) is 0 Å². The molecule has 1 aromatic rings. The molecule has 4 aliphatic rings. The van der Waals surface area contributed by atoms with Crippen LogP contribution in [0.4, 0.5) is 0 Å². The van der Waals surface area contributed by atoms with Gasteiger partial charge in [-0.1, -0.05) is 0 Å². The van der Waals surface area contributed by atoms with Gasteiger partial charge in [0.25, 0.3) is 0 Å². The maximum Gasteiger partial charge on any atom is 0.319 e. The fourth-order valence-electron chi connectivity index (χ4n) is 4.73. The average molecular weight is 485 g/mol. The molecule has 0 radical (unpaired) electrons. The summed E-state index contributed by atoms with van der Waals surface area (Å²) in [4.78, 5) is 8.49. The predicted octanol–water partition coefficient (Wildman–Crippen LogP) is 1.02. The number of fused-ring (bicyclic) bond motifs is 2. The molecule has 4 saturated heterocycles.